The molecule has 3 aromatic rings. The molecule has 6 nitrogen and oxygen atoms in total. The minimum absolute atomic E-state index is 0.609. The smallest absolute Gasteiger partial charge is 0.148 e. The van der Waals surface area contributed by atoms with Crippen LogP contribution in [0.1, 0.15) is 5.56 Å². The number of hydrazine groups is 1. The Bertz CT molecular complexity index is 703. The molecule has 0 atom stereocenters. The summed E-state index contributed by atoms with van der Waals surface area (Å²) in [5.74, 6) is 6.80. The molecule has 0 aliphatic carbocycles. The van der Waals surface area contributed by atoms with E-state index in [0.29, 0.717) is 5.82 Å². The maximum Gasteiger partial charge on any atom is 0.148 e. The van der Waals surface area contributed by atoms with Crippen LogP contribution in [-0.4, -0.2) is 19.5 Å². The van der Waals surface area contributed by atoms with E-state index in [1.165, 1.54) is 6.33 Å². The average Bonchev–Trinajstić information content (AvgIpc) is 2.83. The first-order valence-electron chi connectivity index (χ1n) is 5.52. The minimum Gasteiger partial charge on any atom is -0.308 e. The number of anilines is 1. The fourth-order valence-electron chi connectivity index (χ4n) is 1.96. The van der Waals surface area contributed by atoms with Gasteiger partial charge in [-0.25, -0.2) is 20.8 Å². The number of fused-ring (bicyclic) bond motifs is 1. The molecule has 3 N–H and O–H groups in total. The molecule has 3 rings (SSSR count). The first kappa shape index (κ1) is 10.7. The monoisotopic (exact) mass is 240 g/mol. The summed E-state index contributed by atoms with van der Waals surface area (Å²) < 4.78 is 1.92. The number of hydrogen-bond acceptors (Lipinski definition) is 5. The molecule has 0 spiro atoms. The van der Waals surface area contributed by atoms with Gasteiger partial charge in [-0.15, -0.1) is 0 Å². The van der Waals surface area contributed by atoms with Gasteiger partial charge in [-0.2, -0.15) is 0 Å². The molecular weight excluding hydrogens is 228 g/mol. The zero-order valence-corrected chi connectivity index (χ0v) is 9.83. The second-order valence-corrected chi connectivity index (χ2v) is 3.92. The van der Waals surface area contributed by atoms with E-state index in [1.54, 1.807) is 6.33 Å². The van der Waals surface area contributed by atoms with Gasteiger partial charge in [0.1, 0.15) is 24.3 Å². The van der Waals surface area contributed by atoms with Crippen molar-refractivity contribution in [2.75, 3.05) is 5.43 Å². The summed E-state index contributed by atoms with van der Waals surface area (Å²) in [6, 6.07) is 7.89. The van der Waals surface area contributed by atoms with E-state index >= 15 is 0 Å². The average molecular weight is 240 g/mol. The summed E-state index contributed by atoms with van der Waals surface area (Å²) in [6.07, 6.45) is 3.23. The fourth-order valence-corrected chi connectivity index (χ4v) is 1.96. The van der Waals surface area contributed by atoms with Crippen molar-refractivity contribution in [1.82, 2.24) is 19.5 Å². The Morgan fingerprint density at radius 2 is 2.00 bits per heavy atom. The summed E-state index contributed by atoms with van der Waals surface area (Å²) >= 11 is 0. The highest BCUT2D eigenvalue weighted by atomic mass is 15.3. The molecule has 18 heavy (non-hydrogen) atoms. The van der Waals surface area contributed by atoms with Crippen LogP contribution < -0.4 is 11.3 Å². The molecule has 1 aromatic carbocycles. The van der Waals surface area contributed by atoms with Crippen LogP contribution >= 0.6 is 0 Å². The standard InChI is InChI=1S/C12H12N6/c1-8-11(17-13)14-6-15-12(8)18-7-16-9-4-2-3-5-10(9)18/h2-7H,13H2,1H3,(H,14,15,17). The van der Waals surface area contributed by atoms with E-state index in [4.69, 9.17) is 5.84 Å². The third-order valence-corrected chi connectivity index (χ3v) is 2.88. The quantitative estimate of drug-likeness (QED) is 0.523. The van der Waals surface area contributed by atoms with Crippen molar-refractivity contribution in [2.45, 2.75) is 6.92 Å². The summed E-state index contributed by atoms with van der Waals surface area (Å²) in [4.78, 5) is 12.7. The Morgan fingerprint density at radius 1 is 1.17 bits per heavy atom. The van der Waals surface area contributed by atoms with Crippen molar-refractivity contribution >= 4 is 16.9 Å². The predicted molar refractivity (Wildman–Crippen MR) is 69.2 cm³/mol. The molecule has 6 heteroatoms. The van der Waals surface area contributed by atoms with E-state index in [0.717, 1.165) is 22.4 Å². The van der Waals surface area contributed by atoms with Gasteiger partial charge in [-0.05, 0) is 19.1 Å². The van der Waals surface area contributed by atoms with Gasteiger partial charge >= 0.3 is 0 Å². The first-order valence-corrected chi connectivity index (χ1v) is 5.52. The topological polar surface area (TPSA) is 81.6 Å². The van der Waals surface area contributed by atoms with Crippen molar-refractivity contribution in [2.24, 2.45) is 5.84 Å². The van der Waals surface area contributed by atoms with Crippen LogP contribution in [-0.2, 0) is 0 Å². The van der Waals surface area contributed by atoms with Crippen LogP contribution in [0.4, 0.5) is 5.82 Å². The Balaban J connectivity index is 2.26. The fraction of sp³-hybridized carbons (Fsp3) is 0.0833. The van der Waals surface area contributed by atoms with Crippen molar-refractivity contribution in [3.05, 3.63) is 42.5 Å². The van der Waals surface area contributed by atoms with Crippen LogP contribution in [0.2, 0.25) is 0 Å². The van der Waals surface area contributed by atoms with Crippen molar-refractivity contribution in [1.29, 1.82) is 0 Å². The van der Waals surface area contributed by atoms with Crippen LogP contribution in [0.3, 0.4) is 0 Å². The lowest BCUT2D eigenvalue weighted by Crippen LogP contribution is -2.12. The minimum atomic E-state index is 0.609. The molecule has 0 saturated carbocycles. The molecule has 0 amide bonds. The summed E-state index contributed by atoms with van der Waals surface area (Å²) in [7, 11) is 0. The number of hydrogen-bond donors (Lipinski definition) is 2. The second-order valence-electron chi connectivity index (χ2n) is 3.92. The van der Waals surface area contributed by atoms with Crippen LogP contribution in [0.15, 0.2) is 36.9 Å². The van der Waals surface area contributed by atoms with Gasteiger partial charge in [0, 0.05) is 5.56 Å². The zero-order chi connectivity index (χ0) is 12.5. The molecule has 0 aliphatic rings. The first-order chi connectivity index (χ1) is 8.81. The number of para-hydroxylation sites is 2. The molecule has 0 bridgehead atoms. The SMILES string of the molecule is Cc1c(NN)ncnc1-n1cnc2ccccc21. The van der Waals surface area contributed by atoms with Gasteiger partial charge in [0.05, 0.1) is 11.0 Å². The third-order valence-electron chi connectivity index (χ3n) is 2.88. The number of nitrogen functional groups attached to an aromatic ring is 1. The van der Waals surface area contributed by atoms with Gasteiger partial charge < -0.3 is 5.43 Å². The van der Waals surface area contributed by atoms with Crippen molar-refractivity contribution in [3.63, 3.8) is 0 Å². The van der Waals surface area contributed by atoms with E-state index in [9.17, 15) is 0 Å². The third kappa shape index (κ3) is 1.51. The molecule has 2 aromatic heterocycles. The second kappa shape index (κ2) is 4.08. The molecule has 0 unspecified atom stereocenters. The number of aromatic nitrogens is 4. The Labute approximate surface area is 103 Å². The van der Waals surface area contributed by atoms with Gasteiger partial charge in [0.2, 0.25) is 0 Å². The van der Waals surface area contributed by atoms with Crippen LogP contribution in [0.25, 0.3) is 16.9 Å². The molecule has 0 fully saturated rings. The number of nitrogens with one attached hydrogen (secondary N) is 1. The van der Waals surface area contributed by atoms with Gasteiger partial charge in [0.25, 0.3) is 0 Å². The summed E-state index contributed by atoms with van der Waals surface area (Å²) in [5, 5.41) is 0. The molecule has 0 saturated heterocycles. The Hall–Kier alpha value is -2.47. The summed E-state index contributed by atoms with van der Waals surface area (Å²) in [5.41, 5.74) is 5.37. The molecule has 0 radical (unpaired) electrons. The molecule has 0 aliphatic heterocycles. The number of rotatable bonds is 2. The van der Waals surface area contributed by atoms with Crippen molar-refractivity contribution in [3.8, 4) is 5.82 Å². The van der Waals surface area contributed by atoms with E-state index in [2.05, 4.69) is 20.4 Å². The number of nitrogens with zero attached hydrogens (tertiary/aromatic N) is 4. The van der Waals surface area contributed by atoms with E-state index in [1.807, 2.05) is 35.8 Å². The molecule has 2 heterocycles. The lowest BCUT2D eigenvalue weighted by Gasteiger charge is -2.09. The lowest BCUT2D eigenvalue weighted by atomic mass is 10.3. The number of benzene rings is 1. The molecule has 90 valence electrons. The van der Waals surface area contributed by atoms with E-state index in [-0.39, 0.29) is 0 Å². The summed E-state index contributed by atoms with van der Waals surface area (Å²) in [6.45, 7) is 1.92. The van der Waals surface area contributed by atoms with E-state index < -0.39 is 0 Å². The van der Waals surface area contributed by atoms with Crippen LogP contribution in [0.5, 0.6) is 0 Å². The maximum atomic E-state index is 5.42. The van der Waals surface area contributed by atoms with Gasteiger partial charge in [-0.1, -0.05) is 12.1 Å². The highest BCUT2D eigenvalue weighted by Gasteiger charge is 2.10. The zero-order valence-electron chi connectivity index (χ0n) is 9.83. The Kier molecular flexibility index (Phi) is 2.42. The number of imidazole rings is 1. The predicted octanol–water partition coefficient (Wildman–Crippen LogP) is 1.41. The van der Waals surface area contributed by atoms with Gasteiger partial charge in [0.15, 0.2) is 0 Å². The molecular formula is C12H12N6. The number of nitrogens with two attached hydrogens (primary N) is 1. The van der Waals surface area contributed by atoms with Crippen LogP contribution in [0, 0.1) is 6.92 Å². The van der Waals surface area contributed by atoms with Gasteiger partial charge in [-0.3, -0.25) is 4.57 Å². The maximum absolute atomic E-state index is 5.42. The Morgan fingerprint density at radius 3 is 2.83 bits per heavy atom. The highest BCUT2D eigenvalue weighted by molar-refractivity contribution is 5.77. The largest absolute Gasteiger partial charge is 0.308 e. The lowest BCUT2D eigenvalue weighted by molar-refractivity contribution is 0.969. The van der Waals surface area contributed by atoms with Crippen molar-refractivity contribution < 1.29 is 0 Å². The highest BCUT2D eigenvalue weighted by Crippen LogP contribution is 2.21. The normalized spacial score (nSPS) is 10.8.